The summed E-state index contributed by atoms with van der Waals surface area (Å²) in [6.07, 6.45) is 0.511. The van der Waals surface area contributed by atoms with Gasteiger partial charge in [-0.05, 0) is 36.2 Å². The first-order valence-corrected chi connectivity index (χ1v) is 9.96. The molecule has 1 aliphatic heterocycles. The Morgan fingerprint density at radius 3 is 2.44 bits per heavy atom. The molecule has 0 bridgehead atoms. The topological polar surface area (TPSA) is 95.0 Å². The number of aryl methyl sites for hydroxylation is 1. The Morgan fingerprint density at radius 2 is 1.81 bits per heavy atom. The molecule has 0 spiro atoms. The van der Waals surface area contributed by atoms with Crippen molar-refractivity contribution in [3.8, 4) is 0 Å². The molecule has 1 aliphatic rings. The zero-order chi connectivity index (χ0) is 19.8. The lowest BCUT2D eigenvalue weighted by Gasteiger charge is -2.25. The molecule has 2 aromatic carbocycles. The van der Waals surface area contributed by atoms with Gasteiger partial charge in [0.25, 0.3) is 10.0 Å². The third kappa shape index (κ3) is 3.28. The second kappa shape index (κ2) is 7.03. The molecule has 0 radical (unpaired) electrons. The minimum absolute atomic E-state index is 0.0134. The molecule has 2 aromatic rings. The number of carbonyl (C=O) groups is 2. The van der Waals surface area contributed by atoms with E-state index in [1.807, 2.05) is 6.92 Å². The number of aromatic carboxylic acids is 1. The highest BCUT2D eigenvalue weighted by Crippen LogP contribution is 2.35. The van der Waals surface area contributed by atoms with Gasteiger partial charge in [0.15, 0.2) is 0 Å². The summed E-state index contributed by atoms with van der Waals surface area (Å²) in [7, 11) is -2.43. The van der Waals surface area contributed by atoms with Gasteiger partial charge in [0.1, 0.15) is 0 Å². The van der Waals surface area contributed by atoms with E-state index in [1.165, 1.54) is 27.4 Å². The summed E-state index contributed by atoms with van der Waals surface area (Å²) in [6, 6.07) is 10.9. The van der Waals surface area contributed by atoms with Crippen molar-refractivity contribution >= 4 is 33.3 Å². The number of hydrogen-bond acceptors (Lipinski definition) is 4. The fourth-order valence-electron chi connectivity index (χ4n) is 3.18. The number of sulfonamides is 1. The highest BCUT2D eigenvalue weighted by molar-refractivity contribution is 7.92. The number of hydrogen-bond donors (Lipinski definition) is 1. The first-order chi connectivity index (χ1) is 12.8. The summed E-state index contributed by atoms with van der Waals surface area (Å²) in [5.74, 6) is -1.36. The molecule has 1 heterocycles. The predicted molar refractivity (Wildman–Crippen MR) is 102 cm³/mol. The summed E-state index contributed by atoms with van der Waals surface area (Å²) >= 11 is 0. The van der Waals surface area contributed by atoms with Gasteiger partial charge in [0.05, 0.1) is 21.8 Å². The summed E-state index contributed by atoms with van der Waals surface area (Å²) < 4.78 is 27.8. The number of carboxylic acid groups (broad SMARTS) is 1. The van der Waals surface area contributed by atoms with Crippen LogP contribution in [0, 0.1) is 0 Å². The Hall–Kier alpha value is -2.87. The second-order valence-electron chi connectivity index (χ2n) is 6.25. The predicted octanol–water partition coefficient (Wildman–Crippen LogP) is 2.51. The van der Waals surface area contributed by atoms with Gasteiger partial charge in [-0.3, -0.25) is 9.10 Å². The molecule has 0 aromatic heterocycles. The number of carboxylic acids is 1. The van der Waals surface area contributed by atoms with Crippen molar-refractivity contribution in [3.05, 3.63) is 53.6 Å². The number of carbonyl (C=O) groups excluding carboxylic acids is 1. The van der Waals surface area contributed by atoms with Crippen LogP contribution in [0.1, 0.15) is 29.3 Å². The largest absolute Gasteiger partial charge is 0.478 e. The van der Waals surface area contributed by atoms with E-state index < -0.39 is 16.0 Å². The van der Waals surface area contributed by atoms with Crippen LogP contribution >= 0.6 is 0 Å². The number of para-hydroxylation sites is 2. The normalized spacial score (nSPS) is 14.7. The number of benzene rings is 2. The third-order valence-electron chi connectivity index (χ3n) is 4.70. The van der Waals surface area contributed by atoms with Gasteiger partial charge >= 0.3 is 5.97 Å². The van der Waals surface area contributed by atoms with Gasteiger partial charge < -0.3 is 10.0 Å². The van der Waals surface area contributed by atoms with E-state index in [-0.39, 0.29) is 29.3 Å². The number of rotatable bonds is 4. The lowest BCUT2D eigenvalue weighted by atomic mass is 10.1. The first kappa shape index (κ1) is 18.9. The SMILES string of the molecule is CCc1ccc(S(=O)(=O)N2CCC(=O)N(C)c3ccccc32)cc1C(=O)O. The van der Waals surface area contributed by atoms with Crippen LogP contribution in [0.25, 0.3) is 0 Å². The monoisotopic (exact) mass is 388 g/mol. The lowest BCUT2D eigenvalue weighted by molar-refractivity contribution is -0.118. The van der Waals surface area contributed by atoms with Gasteiger partial charge in [0, 0.05) is 20.0 Å². The molecule has 27 heavy (non-hydrogen) atoms. The molecule has 0 saturated heterocycles. The summed E-state index contributed by atoms with van der Waals surface area (Å²) in [5, 5.41) is 9.41. The standard InChI is InChI=1S/C19H20N2O5S/c1-3-13-8-9-14(12-15(13)19(23)24)27(25,26)21-11-10-18(22)20(2)16-6-4-5-7-17(16)21/h4-9,12H,3,10-11H2,1-2H3,(H,23,24). The van der Waals surface area contributed by atoms with Crippen molar-refractivity contribution in [1.29, 1.82) is 0 Å². The molecule has 142 valence electrons. The maximum atomic E-state index is 13.3. The number of amides is 1. The summed E-state index contributed by atoms with van der Waals surface area (Å²) in [4.78, 5) is 25.1. The van der Waals surface area contributed by atoms with E-state index in [1.54, 1.807) is 31.3 Å². The fraction of sp³-hybridized carbons (Fsp3) is 0.263. The third-order valence-corrected chi connectivity index (χ3v) is 6.50. The Morgan fingerprint density at radius 1 is 1.15 bits per heavy atom. The lowest BCUT2D eigenvalue weighted by Crippen LogP contribution is -2.32. The highest BCUT2D eigenvalue weighted by Gasteiger charge is 2.32. The second-order valence-corrected chi connectivity index (χ2v) is 8.11. The van der Waals surface area contributed by atoms with E-state index in [0.29, 0.717) is 23.4 Å². The van der Waals surface area contributed by atoms with Crippen LogP contribution in [0.2, 0.25) is 0 Å². The molecule has 0 atom stereocenters. The van der Waals surface area contributed by atoms with Crippen LogP contribution in [0.5, 0.6) is 0 Å². The average molecular weight is 388 g/mol. The van der Waals surface area contributed by atoms with E-state index in [9.17, 15) is 23.1 Å². The smallest absolute Gasteiger partial charge is 0.336 e. The van der Waals surface area contributed by atoms with Crippen molar-refractivity contribution in [2.45, 2.75) is 24.7 Å². The molecule has 7 nitrogen and oxygen atoms in total. The molecule has 0 aliphatic carbocycles. The first-order valence-electron chi connectivity index (χ1n) is 8.52. The quantitative estimate of drug-likeness (QED) is 0.868. The van der Waals surface area contributed by atoms with Gasteiger partial charge in [-0.2, -0.15) is 0 Å². The molecule has 1 amide bonds. The summed E-state index contributed by atoms with van der Waals surface area (Å²) in [6.45, 7) is 1.79. The molecule has 8 heteroatoms. The zero-order valence-corrected chi connectivity index (χ0v) is 15.9. The van der Waals surface area contributed by atoms with Crippen molar-refractivity contribution < 1.29 is 23.1 Å². The molecule has 1 N–H and O–H groups in total. The Balaban J connectivity index is 2.15. The van der Waals surface area contributed by atoms with Gasteiger partial charge in [-0.15, -0.1) is 0 Å². The Bertz CT molecular complexity index is 1020. The van der Waals surface area contributed by atoms with Crippen LogP contribution in [-0.4, -0.2) is 39.0 Å². The minimum Gasteiger partial charge on any atom is -0.478 e. The van der Waals surface area contributed by atoms with Crippen LogP contribution < -0.4 is 9.21 Å². The zero-order valence-electron chi connectivity index (χ0n) is 15.0. The molecular weight excluding hydrogens is 368 g/mol. The van der Waals surface area contributed by atoms with Crippen LogP contribution in [0.4, 0.5) is 11.4 Å². The van der Waals surface area contributed by atoms with Crippen molar-refractivity contribution in [2.75, 3.05) is 22.8 Å². The minimum atomic E-state index is -4.04. The van der Waals surface area contributed by atoms with Crippen LogP contribution in [-0.2, 0) is 21.2 Å². The van der Waals surface area contributed by atoms with E-state index in [4.69, 9.17) is 0 Å². The Kier molecular flexibility index (Phi) is 4.93. The maximum absolute atomic E-state index is 13.3. The van der Waals surface area contributed by atoms with Gasteiger partial charge in [-0.25, -0.2) is 13.2 Å². The molecule has 0 fully saturated rings. The van der Waals surface area contributed by atoms with Crippen molar-refractivity contribution in [3.63, 3.8) is 0 Å². The molecule has 0 unspecified atom stereocenters. The number of nitrogens with zero attached hydrogens (tertiary/aromatic N) is 2. The van der Waals surface area contributed by atoms with Crippen molar-refractivity contribution in [2.24, 2.45) is 0 Å². The average Bonchev–Trinajstić information content (AvgIpc) is 2.78. The van der Waals surface area contributed by atoms with Crippen molar-refractivity contribution in [1.82, 2.24) is 0 Å². The van der Waals surface area contributed by atoms with Crippen LogP contribution in [0.3, 0.4) is 0 Å². The number of anilines is 2. The number of fused-ring (bicyclic) bond motifs is 1. The van der Waals surface area contributed by atoms with Gasteiger partial charge in [-0.1, -0.05) is 25.1 Å². The summed E-state index contributed by atoms with van der Waals surface area (Å²) in [5.41, 5.74) is 1.41. The maximum Gasteiger partial charge on any atom is 0.336 e. The van der Waals surface area contributed by atoms with E-state index >= 15 is 0 Å². The highest BCUT2D eigenvalue weighted by atomic mass is 32.2. The van der Waals surface area contributed by atoms with E-state index in [2.05, 4.69) is 0 Å². The fourth-order valence-corrected chi connectivity index (χ4v) is 4.68. The molecular formula is C19H20N2O5S. The van der Waals surface area contributed by atoms with Gasteiger partial charge in [0.2, 0.25) is 5.91 Å². The molecule has 0 saturated carbocycles. The van der Waals surface area contributed by atoms with E-state index in [0.717, 1.165) is 0 Å². The van der Waals surface area contributed by atoms with Crippen LogP contribution in [0.15, 0.2) is 47.4 Å². The molecule has 3 rings (SSSR count). The Labute approximate surface area is 157 Å².